The first-order valence-electron chi connectivity index (χ1n) is 5.87. The molecular weight excluding hydrogens is 232 g/mol. The largest absolute Gasteiger partial charge is 0.443 e. The molecule has 0 unspecified atom stereocenters. The van der Waals surface area contributed by atoms with Crippen molar-refractivity contribution in [2.45, 2.75) is 12.8 Å². The third kappa shape index (κ3) is 3.30. The summed E-state index contributed by atoms with van der Waals surface area (Å²) in [6, 6.07) is 5.59. The first kappa shape index (κ1) is 12.6. The molecule has 0 radical (unpaired) electrons. The van der Waals surface area contributed by atoms with Gasteiger partial charge in [0.2, 0.25) is 5.91 Å². The third-order valence-corrected chi connectivity index (χ3v) is 2.61. The number of fused-ring (bicyclic) bond motifs is 1. The van der Waals surface area contributed by atoms with E-state index in [1.165, 1.54) is 6.39 Å². The predicted octanol–water partition coefficient (Wildman–Crippen LogP) is 1.52. The van der Waals surface area contributed by atoms with E-state index < -0.39 is 0 Å². The smallest absolute Gasteiger partial charge is 0.224 e. The lowest BCUT2D eigenvalue weighted by Gasteiger charge is -2.04. The van der Waals surface area contributed by atoms with Crippen molar-refractivity contribution in [3.05, 3.63) is 30.2 Å². The molecular formula is C13H16N2O3. The monoisotopic (exact) mass is 248 g/mol. The van der Waals surface area contributed by atoms with Crippen molar-refractivity contribution in [2.24, 2.45) is 0 Å². The molecule has 0 bridgehead atoms. The van der Waals surface area contributed by atoms with Crippen LogP contribution in [0.1, 0.15) is 12.0 Å². The fraction of sp³-hybridized carbons (Fsp3) is 0.385. The molecule has 1 aromatic heterocycles. The zero-order chi connectivity index (χ0) is 12.8. The normalized spacial score (nSPS) is 10.7. The summed E-state index contributed by atoms with van der Waals surface area (Å²) in [5.41, 5.74) is 2.43. The van der Waals surface area contributed by atoms with E-state index in [1.807, 2.05) is 18.2 Å². The van der Waals surface area contributed by atoms with Gasteiger partial charge in [-0.2, -0.15) is 0 Å². The minimum atomic E-state index is 0.00460. The molecule has 5 heteroatoms. The minimum Gasteiger partial charge on any atom is -0.443 e. The predicted molar refractivity (Wildman–Crippen MR) is 67.2 cm³/mol. The Morgan fingerprint density at radius 2 is 2.39 bits per heavy atom. The number of carbonyl (C=O) groups is 1. The SMILES string of the molecule is COCCCNC(=O)Cc1ccc2ncoc2c1. The van der Waals surface area contributed by atoms with E-state index in [4.69, 9.17) is 9.15 Å². The molecule has 2 aromatic rings. The van der Waals surface area contributed by atoms with Gasteiger partial charge in [-0.1, -0.05) is 6.07 Å². The molecule has 0 aliphatic carbocycles. The summed E-state index contributed by atoms with van der Waals surface area (Å²) >= 11 is 0. The summed E-state index contributed by atoms with van der Waals surface area (Å²) in [4.78, 5) is 15.7. The van der Waals surface area contributed by atoms with Crippen molar-refractivity contribution in [2.75, 3.05) is 20.3 Å². The van der Waals surface area contributed by atoms with Crippen molar-refractivity contribution in [1.29, 1.82) is 0 Å². The van der Waals surface area contributed by atoms with E-state index in [2.05, 4.69) is 10.3 Å². The van der Waals surface area contributed by atoms with E-state index in [9.17, 15) is 4.79 Å². The maximum atomic E-state index is 11.7. The third-order valence-electron chi connectivity index (χ3n) is 2.61. The summed E-state index contributed by atoms with van der Waals surface area (Å²) < 4.78 is 10.1. The maximum absolute atomic E-state index is 11.7. The van der Waals surface area contributed by atoms with Crippen LogP contribution in [0.4, 0.5) is 0 Å². The zero-order valence-corrected chi connectivity index (χ0v) is 10.3. The molecule has 0 aliphatic rings. The Labute approximate surface area is 105 Å². The number of ether oxygens (including phenoxy) is 1. The van der Waals surface area contributed by atoms with Crippen LogP contribution < -0.4 is 5.32 Å². The molecule has 18 heavy (non-hydrogen) atoms. The Morgan fingerprint density at radius 1 is 1.50 bits per heavy atom. The Kier molecular flexibility index (Phi) is 4.30. The van der Waals surface area contributed by atoms with Gasteiger partial charge in [-0.3, -0.25) is 4.79 Å². The van der Waals surface area contributed by atoms with Crippen molar-refractivity contribution in [3.8, 4) is 0 Å². The second kappa shape index (κ2) is 6.16. The number of methoxy groups -OCH3 is 1. The van der Waals surface area contributed by atoms with Gasteiger partial charge in [-0.25, -0.2) is 4.98 Å². The molecule has 0 atom stereocenters. The number of hydrogen-bond donors (Lipinski definition) is 1. The van der Waals surface area contributed by atoms with Crippen LogP contribution in [0.3, 0.4) is 0 Å². The average molecular weight is 248 g/mol. The molecule has 5 nitrogen and oxygen atoms in total. The van der Waals surface area contributed by atoms with Gasteiger partial charge in [0.15, 0.2) is 12.0 Å². The van der Waals surface area contributed by atoms with Gasteiger partial charge in [-0.05, 0) is 24.1 Å². The molecule has 0 saturated heterocycles. The van der Waals surface area contributed by atoms with Gasteiger partial charge in [0.05, 0.1) is 6.42 Å². The van der Waals surface area contributed by atoms with Crippen molar-refractivity contribution < 1.29 is 13.9 Å². The Hall–Kier alpha value is -1.88. The molecule has 1 N–H and O–H groups in total. The van der Waals surface area contributed by atoms with Crippen LogP contribution in [0.15, 0.2) is 29.0 Å². The van der Waals surface area contributed by atoms with E-state index in [1.54, 1.807) is 7.11 Å². The van der Waals surface area contributed by atoms with Crippen LogP contribution in [-0.2, 0) is 16.0 Å². The van der Waals surface area contributed by atoms with E-state index in [0.29, 0.717) is 25.2 Å². The van der Waals surface area contributed by atoms with Crippen LogP contribution in [-0.4, -0.2) is 31.2 Å². The van der Waals surface area contributed by atoms with Crippen LogP contribution in [0.5, 0.6) is 0 Å². The Morgan fingerprint density at radius 3 is 3.22 bits per heavy atom. The number of nitrogens with one attached hydrogen (secondary N) is 1. The fourth-order valence-corrected chi connectivity index (χ4v) is 1.70. The highest BCUT2D eigenvalue weighted by Crippen LogP contribution is 2.14. The Balaban J connectivity index is 1.86. The van der Waals surface area contributed by atoms with Crippen molar-refractivity contribution in [3.63, 3.8) is 0 Å². The first-order valence-corrected chi connectivity index (χ1v) is 5.87. The summed E-state index contributed by atoms with van der Waals surface area (Å²) in [5, 5.41) is 2.84. The van der Waals surface area contributed by atoms with Gasteiger partial charge in [0.1, 0.15) is 5.52 Å². The molecule has 96 valence electrons. The lowest BCUT2D eigenvalue weighted by molar-refractivity contribution is -0.120. The lowest BCUT2D eigenvalue weighted by atomic mass is 10.1. The summed E-state index contributed by atoms with van der Waals surface area (Å²) in [5.74, 6) is 0.00460. The highest BCUT2D eigenvalue weighted by Gasteiger charge is 2.05. The fourth-order valence-electron chi connectivity index (χ4n) is 1.70. The zero-order valence-electron chi connectivity index (χ0n) is 10.3. The summed E-state index contributed by atoms with van der Waals surface area (Å²) in [6.45, 7) is 1.29. The van der Waals surface area contributed by atoms with E-state index in [-0.39, 0.29) is 5.91 Å². The van der Waals surface area contributed by atoms with Crippen molar-refractivity contribution >= 4 is 17.0 Å². The number of amides is 1. The minimum absolute atomic E-state index is 0.00460. The van der Waals surface area contributed by atoms with Gasteiger partial charge < -0.3 is 14.5 Å². The maximum Gasteiger partial charge on any atom is 0.224 e. The molecule has 0 spiro atoms. The molecule has 0 saturated carbocycles. The average Bonchev–Trinajstić information content (AvgIpc) is 2.82. The highest BCUT2D eigenvalue weighted by molar-refractivity contribution is 5.80. The van der Waals surface area contributed by atoms with Crippen molar-refractivity contribution in [1.82, 2.24) is 10.3 Å². The molecule has 1 heterocycles. The summed E-state index contributed by atoms with van der Waals surface area (Å²) in [6.07, 6.45) is 2.58. The number of carbonyl (C=O) groups excluding carboxylic acids is 1. The highest BCUT2D eigenvalue weighted by atomic mass is 16.5. The number of hydrogen-bond acceptors (Lipinski definition) is 4. The van der Waals surface area contributed by atoms with Crippen LogP contribution in [0, 0.1) is 0 Å². The van der Waals surface area contributed by atoms with Gasteiger partial charge in [0, 0.05) is 20.3 Å². The number of oxazole rings is 1. The quantitative estimate of drug-likeness (QED) is 0.787. The number of rotatable bonds is 6. The molecule has 1 amide bonds. The molecule has 0 aliphatic heterocycles. The lowest BCUT2D eigenvalue weighted by Crippen LogP contribution is -2.26. The van der Waals surface area contributed by atoms with Gasteiger partial charge in [-0.15, -0.1) is 0 Å². The van der Waals surface area contributed by atoms with E-state index >= 15 is 0 Å². The number of nitrogens with zero attached hydrogens (tertiary/aromatic N) is 1. The first-order chi connectivity index (χ1) is 8.79. The second-order valence-electron chi connectivity index (χ2n) is 4.03. The van der Waals surface area contributed by atoms with Crippen LogP contribution in [0.2, 0.25) is 0 Å². The topological polar surface area (TPSA) is 64.4 Å². The molecule has 2 rings (SSSR count). The van der Waals surface area contributed by atoms with Gasteiger partial charge >= 0.3 is 0 Å². The standard InChI is InChI=1S/C13H16N2O3/c1-17-6-2-5-14-13(16)8-10-3-4-11-12(7-10)18-9-15-11/h3-4,7,9H,2,5-6,8H2,1H3,(H,14,16). The van der Waals surface area contributed by atoms with Crippen LogP contribution >= 0.6 is 0 Å². The molecule has 1 aromatic carbocycles. The van der Waals surface area contributed by atoms with Gasteiger partial charge in [0.25, 0.3) is 0 Å². The summed E-state index contributed by atoms with van der Waals surface area (Å²) in [7, 11) is 1.65. The number of aromatic nitrogens is 1. The number of benzene rings is 1. The second-order valence-corrected chi connectivity index (χ2v) is 4.03. The Bertz CT molecular complexity index is 522. The van der Waals surface area contributed by atoms with Crippen LogP contribution in [0.25, 0.3) is 11.1 Å². The molecule has 0 fully saturated rings. The van der Waals surface area contributed by atoms with E-state index in [0.717, 1.165) is 17.5 Å².